The second kappa shape index (κ2) is 7.34. The monoisotopic (exact) mass is 329 g/mol. The number of nitrogens with one attached hydrogen (secondary N) is 1. The first-order valence-corrected chi connectivity index (χ1v) is 7.86. The number of hydrogen-bond donors (Lipinski definition) is 1. The molecule has 1 fully saturated rings. The number of benzene rings is 1. The van der Waals surface area contributed by atoms with Gasteiger partial charge in [-0.05, 0) is 25.0 Å². The fraction of sp³-hybridized carbons (Fsp3) is 0.533. The summed E-state index contributed by atoms with van der Waals surface area (Å²) in [4.78, 5) is 15.5. The van der Waals surface area contributed by atoms with E-state index in [2.05, 4.69) is 10.2 Å². The predicted molar refractivity (Wildman–Crippen MR) is 88.2 cm³/mol. The normalized spacial score (nSPS) is 16.8. The van der Waals surface area contributed by atoms with Crippen molar-refractivity contribution in [3.8, 4) is 0 Å². The number of carbonyl (C=O) groups is 1. The fourth-order valence-corrected chi connectivity index (χ4v) is 2.76. The molecular weight excluding hydrogens is 309 g/mol. The second-order valence-corrected chi connectivity index (χ2v) is 6.37. The van der Waals surface area contributed by atoms with Crippen molar-refractivity contribution in [3.05, 3.63) is 28.2 Å². The minimum atomic E-state index is 0.152. The van der Waals surface area contributed by atoms with Crippen LogP contribution in [0.15, 0.2) is 18.2 Å². The van der Waals surface area contributed by atoms with E-state index in [0.29, 0.717) is 22.6 Å². The quantitative estimate of drug-likeness (QED) is 0.922. The number of hydrogen-bond acceptors (Lipinski definition) is 3. The Morgan fingerprint density at radius 2 is 2.00 bits per heavy atom. The number of rotatable bonds is 4. The van der Waals surface area contributed by atoms with Crippen LogP contribution in [0.1, 0.15) is 12.8 Å². The van der Waals surface area contributed by atoms with Gasteiger partial charge in [-0.2, -0.15) is 0 Å². The molecule has 1 aromatic carbocycles. The first-order chi connectivity index (χ1) is 9.97. The summed E-state index contributed by atoms with van der Waals surface area (Å²) in [5, 5.41) is 4.59. The molecule has 4 nitrogen and oxygen atoms in total. The number of likely N-dealkylation sites (N-methyl/N-ethyl adjacent to an activating group) is 1. The highest BCUT2D eigenvalue weighted by atomic mass is 35.5. The lowest BCUT2D eigenvalue weighted by Crippen LogP contribution is -2.43. The molecule has 1 heterocycles. The summed E-state index contributed by atoms with van der Waals surface area (Å²) >= 11 is 12.2. The Morgan fingerprint density at radius 3 is 2.62 bits per heavy atom. The molecular formula is C15H21Cl2N3O. The lowest BCUT2D eigenvalue weighted by atomic mass is 10.0. The van der Waals surface area contributed by atoms with Gasteiger partial charge in [-0.25, -0.2) is 0 Å². The van der Waals surface area contributed by atoms with Crippen molar-refractivity contribution in [2.75, 3.05) is 39.0 Å². The lowest BCUT2D eigenvalue weighted by molar-refractivity contribution is -0.130. The number of carbonyl (C=O) groups excluding carboxylic acids is 1. The van der Waals surface area contributed by atoms with E-state index in [1.54, 1.807) is 25.1 Å². The third-order valence-corrected chi connectivity index (χ3v) is 4.58. The third kappa shape index (κ3) is 4.50. The molecule has 21 heavy (non-hydrogen) atoms. The minimum Gasteiger partial charge on any atom is -0.381 e. The maximum atomic E-state index is 11.7. The van der Waals surface area contributed by atoms with E-state index in [1.807, 2.05) is 12.1 Å². The molecule has 0 aliphatic carbocycles. The average Bonchev–Trinajstić information content (AvgIpc) is 2.46. The zero-order chi connectivity index (χ0) is 15.4. The standard InChI is InChI=1S/C15H21Cl2N3O/c1-19(2)14(21)10-20-8-6-11(7-9-20)18-13-5-3-4-12(16)15(13)17/h3-5,11,18H,6-10H2,1-2H3. The topological polar surface area (TPSA) is 35.6 Å². The van der Waals surface area contributed by atoms with Crippen LogP contribution in [0.5, 0.6) is 0 Å². The van der Waals surface area contributed by atoms with Crippen molar-refractivity contribution >= 4 is 34.8 Å². The van der Waals surface area contributed by atoms with Crippen LogP contribution in [0.25, 0.3) is 0 Å². The molecule has 116 valence electrons. The van der Waals surface area contributed by atoms with Gasteiger partial charge in [0.15, 0.2) is 0 Å². The summed E-state index contributed by atoms with van der Waals surface area (Å²) in [6.45, 7) is 2.32. The van der Waals surface area contributed by atoms with Crippen LogP contribution in [0.3, 0.4) is 0 Å². The van der Waals surface area contributed by atoms with Gasteiger partial charge in [0.25, 0.3) is 0 Å². The minimum absolute atomic E-state index is 0.152. The highest BCUT2D eigenvalue weighted by molar-refractivity contribution is 6.43. The maximum Gasteiger partial charge on any atom is 0.236 e. The largest absolute Gasteiger partial charge is 0.381 e. The van der Waals surface area contributed by atoms with Crippen LogP contribution >= 0.6 is 23.2 Å². The molecule has 1 N–H and O–H groups in total. The Balaban J connectivity index is 1.84. The Bertz CT molecular complexity index is 500. The summed E-state index contributed by atoms with van der Waals surface area (Å²) in [6.07, 6.45) is 1.98. The van der Waals surface area contributed by atoms with Gasteiger partial charge in [-0.1, -0.05) is 29.3 Å². The summed E-state index contributed by atoms with van der Waals surface area (Å²) in [7, 11) is 3.58. The molecule has 0 radical (unpaired) electrons. The molecule has 2 rings (SSSR count). The van der Waals surface area contributed by atoms with E-state index >= 15 is 0 Å². The number of nitrogens with zero attached hydrogens (tertiary/aromatic N) is 2. The molecule has 1 aliphatic heterocycles. The van der Waals surface area contributed by atoms with Gasteiger partial charge in [-0.15, -0.1) is 0 Å². The van der Waals surface area contributed by atoms with Crippen LogP contribution in [-0.2, 0) is 4.79 Å². The SMILES string of the molecule is CN(C)C(=O)CN1CCC(Nc2cccc(Cl)c2Cl)CC1. The molecule has 0 unspecified atom stereocenters. The number of piperidine rings is 1. The van der Waals surface area contributed by atoms with Crippen molar-refractivity contribution < 1.29 is 4.79 Å². The van der Waals surface area contributed by atoms with Gasteiger partial charge in [0.2, 0.25) is 5.91 Å². The molecule has 6 heteroatoms. The molecule has 0 bridgehead atoms. The van der Waals surface area contributed by atoms with Crippen LogP contribution in [0.4, 0.5) is 5.69 Å². The zero-order valence-corrected chi connectivity index (χ0v) is 13.9. The first kappa shape index (κ1) is 16.4. The van der Waals surface area contributed by atoms with E-state index < -0.39 is 0 Å². The summed E-state index contributed by atoms with van der Waals surface area (Å²) < 4.78 is 0. The zero-order valence-electron chi connectivity index (χ0n) is 12.4. The van der Waals surface area contributed by atoms with Gasteiger partial charge in [0.05, 0.1) is 22.3 Å². The van der Waals surface area contributed by atoms with Gasteiger partial charge in [-0.3, -0.25) is 9.69 Å². The number of amides is 1. The van der Waals surface area contributed by atoms with Crippen molar-refractivity contribution in [2.24, 2.45) is 0 Å². The summed E-state index contributed by atoms with van der Waals surface area (Å²) in [6, 6.07) is 5.98. The van der Waals surface area contributed by atoms with Crippen molar-refractivity contribution in [2.45, 2.75) is 18.9 Å². The lowest BCUT2D eigenvalue weighted by Gasteiger charge is -2.33. The number of likely N-dealkylation sites (tertiary alicyclic amines) is 1. The van der Waals surface area contributed by atoms with Crippen molar-refractivity contribution in [1.29, 1.82) is 0 Å². The maximum absolute atomic E-state index is 11.7. The highest BCUT2D eigenvalue weighted by Crippen LogP contribution is 2.31. The molecule has 0 saturated carbocycles. The second-order valence-electron chi connectivity index (χ2n) is 5.58. The van der Waals surface area contributed by atoms with Crippen molar-refractivity contribution in [3.63, 3.8) is 0 Å². The average molecular weight is 330 g/mol. The molecule has 0 aromatic heterocycles. The Labute approximate surface area is 136 Å². The first-order valence-electron chi connectivity index (χ1n) is 7.10. The third-order valence-electron chi connectivity index (χ3n) is 3.76. The van der Waals surface area contributed by atoms with Crippen LogP contribution < -0.4 is 5.32 Å². The van der Waals surface area contributed by atoms with E-state index in [9.17, 15) is 4.79 Å². The Hall–Kier alpha value is -0.970. The molecule has 0 spiro atoms. The fourth-order valence-electron chi connectivity index (χ4n) is 2.40. The van der Waals surface area contributed by atoms with Gasteiger partial charge >= 0.3 is 0 Å². The van der Waals surface area contributed by atoms with Gasteiger partial charge in [0, 0.05) is 33.2 Å². The van der Waals surface area contributed by atoms with E-state index in [-0.39, 0.29) is 5.91 Å². The molecule has 1 aromatic rings. The van der Waals surface area contributed by atoms with Gasteiger partial charge in [0.1, 0.15) is 0 Å². The molecule has 1 aliphatic rings. The Kier molecular flexibility index (Phi) is 5.73. The van der Waals surface area contributed by atoms with Crippen molar-refractivity contribution in [1.82, 2.24) is 9.80 Å². The van der Waals surface area contributed by atoms with Crippen LogP contribution in [0.2, 0.25) is 10.0 Å². The van der Waals surface area contributed by atoms with Crippen LogP contribution in [-0.4, -0.2) is 55.5 Å². The van der Waals surface area contributed by atoms with E-state index in [0.717, 1.165) is 31.6 Å². The smallest absolute Gasteiger partial charge is 0.236 e. The van der Waals surface area contributed by atoms with Gasteiger partial charge < -0.3 is 10.2 Å². The number of anilines is 1. The molecule has 0 atom stereocenters. The molecule has 1 saturated heterocycles. The predicted octanol–water partition coefficient (Wildman–Crippen LogP) is 2.96. The Morgan fingerprint density at radius 1 is 1.33 bits per heavy atom. The summed E-state index contributed by atoms with van der Waals surface area (Å²) in [5.41, 5.74) is 0.881. The van der Waals surface area contributed by atoms with Crippen LogP contribution in [0, 0.1) is 0 Å². The molecule has 1 amide bonds. The number of halogens is 2. The van der Waals surface area contributed by atoms with E-state index in [4.69, 9.17) is 23.2 Å². The summed E-state index contributed by atoms with van der Waals surface area (Å²) in [5.74, 6) is 0.152. The highest BCUT2D eigenvalue weighted by Gasteiger charge is 2.21. The van der Waals surface area contributed by atoms with E-state index in [1.165, 1.54) is 0 Å².